The van der Waals surface area contributed by atoms with E-state index in [1.54, 1.807) is 0 Å². The molecule has 2 aliphatic carbocycles. The maximum absolute atomic E-state index is 13.8. The van der Waals surface area contributed by atoms with Crippen molar-refractivity contribution in [3.8, 4) is 33.6 Å². The fraction of sp³-hybridized carbons (Fsp3) is 0.385. The number of carbonyl (C=O) groups is 2. The van der Waals surface area contributed by atoms with Crippen LogP contribution in [0, 0.1) is 17.8 Å². The number of benzene rings is 3. The summed E-state index contributed by atoms with van der Waals surface area (Å²) in [7, 11) is 1.48. The standard InChI is InChI=1S/C39H41N7O3/c1-20(2)35(45(3)39(48)49)38(47)46-33-16-28(33)17-34(46)37-41-18-31(44-37)22-6-4-21(5-7-22)23-8-9-25-13-26(11-10-24(25)12-23)32-19-40-36(43-32)30-15-27-14-29(27)42-30/h4-13,18-20,27-30,33-35,42H,14-17H2,1-3H3,(H,40,43)(H,41,44)(H,48,49)/t27-,28-,29-,30+,33-,34+,35+/m1/s1. The van der Waals surface area contributed by atoms with Crippen LogP contribution in [0.1, 0.15) is 63.3 Å². The van der Waals surface area contributed by atoms with Gasteiger partial charge in [0.25, 0.3) is 0 Å². The summed E-state index contributed by atoms with van der Waals surface area (Å²) >= 11 is 0. The highest BCUT2D eigenvalue weighted by atomic mass is 16.4. The van der Waals surface area contributed by atoms with Crippen molar-refractivity contribution in [1.82, 2.24) is 35.1 Å². The van der Waals surface area contributed by atoms with Gasteiger partial charge in [0.2, 0.25) is 5.91 Å². The van der Waals surface area contributed by atoms with Crippen molar-refractivity contribution in [2.75, 3.05) is 7.05 Å². The molecule has 4 aliphatic rings. The molecule has 3 aromatic carbocycles. The topological polar surface area (TPSA) is 130 Å². The van der Waals surface area contributed by atoms with Crippen LogP contribution in [0.3, 0.4) is 0 Å². The van der Waals surface area contributed by atoms with Gasteiger partial charge in [0.1, 0.15) is 17.7 Å². The Kier molecular flexibility index (Phi) is 6.95. The first-order valence-electron chi connectivity index (χ1n) is 17.5. The van der Waals surface area contributed by atoms with Crippen molar-refractivity contribution in [1.29, 1.82) is 0 Å². The zero-order valence-electron chi connectivity index (χ0n) is 27.9. The Hall–Kier alpha value is -4.96. The van der Waals surface area contributed by atoms with Crippen molar-refractivity contribution in [3.05, 3.63) is 84.7 Å². The molecule has 49 heavy (non-hydrogen) atoms. The molecule has 2 aromatic heterocycles. The summed E-state index contributed by atoms with van der Waals surface area (Å²) in [5.74, 6) is 2.80. The quantitative estimate of drug-likeness (QED) is 0.142. The number of hydrogen-bond donors (Lipinski definition) is 4. The van der Waals surface area contributed by atoms with Gasteiger partial charge in [-0.3, -0.25) is 9.69 Å². The molecule has 2 saturated heterocycles. The Bertz CT molecular complexity index is 2070. The fourth-order valence-corrected chi connectivity index (χ4v) is 8.47. The second-order valence-corrected chi connectivity index (χ2v) is 14.9. The van der Waals surface area contributed by atoms with Gasteiger partial charge in [-0.05, 0) is 83.0 Å². The van der Waals surface area contributed by atoms with Crippen LogP contribution >= 0.6 is 0 Å². The Morgan fingerprint density at radius 3 is 2.12 bits per heavy atom. The fourth-order valence-electron chi connectivity index (χ4n) is 8.47. The smallest absolute Gasteiger partial charge is 0.407 e. The number of amides is 2. The SMILES string of the molecule is CC(C)[C@@H](C(=O)N1[C@@H]2C[C@@H]2C[C@H]1c1ncc(-c2ccc(-c3ccc4cc(-c5cnc([C@@H]6C[C@H]7C[C@H]7N6)[nH]5)ccc4c3)cc2)[nH]1)N(C)C(=O)O. The molecule has 250 valence electrons. The summed E-state index contributed by atoms with van der Waals surface area (Å²) in [5, 5.41) is 15.7. The van der Waals surface area contributed by atoms with Gasteiger partial charge in [-0.1, -0.05) is 62.4 Å². The number of piperidine rings is 2. The van der Waals surface area contributed by atoms with E-state index in [1.807, 2.05) is 31.1 Å². The molecular weight excluding hydrogens is 614 g/mol. The molecule has 0 spiro atoms. The van der Waals surface area contributed by atoms with Crippen molar-refractivity contribution in [2.24, 2.45) is 17.8 Å². The monoisotopic (exact) mass is 655 g/mol. The molecular formula is C39H41N7O3. The van der Waals surface area contributed by atoms with E-state index in [0.29, 0.717) is 18.0 Å². The summed E-state index contributed by atoms with van der Waals surface area (Å²) in [5.41, 5.74) is 6.38. The average Bonchev–Trinajstić information content (AvgIpc) is 3.65. The van der Waals surface area contributed by atoms with Crippen molar-refractivity contribution < 1.29 is 14.7 Å². The Labute approximate surface area is 285 Å². The predicted molar refractivity (Wildman–Crippen MR) is 187 cm³/mol. The minimum absolute atomic E-state index is 0.132. The number of fused-ring (bicyclic) bond motifs is 3. The van der Waals surface area contributed by atoms with Gasteiger partial charge in [0.05, 0.1) is 35.9 Å². The highest BCUT2D eigenvalue weighted by Crippen LogP contribution is 2.53. The van der Waals surface area contributed by atoms with Crippen LogP contribution in [0.4, 0.5) is 4.79 Å². The summed E-state index contributed by atoms with van der Waals surface area (Å²) in [4.78, 5) is 45.1. The Morgan fingerprint density at radius 1 is 0.796 bits per heavy atom. The lowest BCUT2D eigenvalue weighted by Gasteiger charge is -2.35. The molecule has 4 heterocycles. The number of H-pyrrole nitrogens is 2. The molecule has 2 aliphatic heterocycles. The number of carboxylic acid groups (broad SMARTS) is 1. The lowest BCUT2D eigenvalue weighted by molar-refractivity contribution is -0.139. The van der Waals surface area contributed by atoms with Crippen LogP contribution in [0.15, 0.2) is 73.1 Å². The van der Waals surface area contributed by atoms with Crippen molar-refractivity contribution >= 4 is 22.8 Å². The van der Waals surface area contributed by atoms with Crippen LogP contribution in [-0.2, 0) is 4.79 Å². The largest absolute Gasteiger partial charge is 0.465 e. The first kappa shape index (κ1) is 30.1. The van der Waals surface area contributed by atoms with Crippen LogP contribution in [0.5, 0.6) is 0 Å². The van der Waals surface area contributed by atoms with Gasteiger partial charge < -0.3 is 25.3 Å². The van der Waals surface area contributed by atoms with E-state index in [-0.39, 0.29) is 23.9 Å². The zero-order chi connectivity index (χ0) is 33.6. The summed E-state index contributed by atoms with van der Waals surface area (Å²) in [6.45, 7) is 3.79. The third-order valence-corrected chi connectivity index (χ3v) is 11.4. The minimum Gasteiger partial charge on any atom is -0.465 e. The molecule has 10 heteroatoms. The second kappa shape index (κ2) is 11.3. The second-order valence-electron chi connectivity index (χ2n) is 14.9. The summed E-state index contributed by atoms with van der Waals surface area (Å²) < 4.78 is 0. The van der Waals surface area contributed by atoms with Crippen LogP contribution in [-0.4, -0.2) is 72.0 Å². The molecule has 4 N–H and O–H groups in total. The number of aromatic amines is 2. The van der Waals surface area contributed by atoms with Gasteiger partial charge in [0.15, 0.2) is 0 Å². The lowest BCUT2D eigenvalue weighted by atomic mass is 9.98. The number of imidazole rings is 2. The molecule has 5 aromatic rings. The van der Waals surface area contributed by atoms with Gasteiger partial charge >= 0.3 is 6.09 Å². The van der Waals surface area contributed by atoms with Gasteiger partial charge in [-0.2, -0.15) is 0 Å². The molecule has 7 atom stereocenters. The Balaban J connectivity index is 0.906. The lowest BCUT2D eigenvalue weighted by Crippen LogP contribution is -2.52. The third-order valence-electron chi connectivity index (χ3n) is 11.4. The van der Waals surface area contributed by atoms with Crippen LogP contribution < -0.4 is 5.32 Å². The van der Waals surface area contributed by atoms with E-state index >= 15 is 0 Å². The van der Waals surface area contributed by atoms with E-state index in [9.17, 15) is 14.7 Å². The number of nitrogens with one attached hydrogen (secondary N) is 3. The zero-order valence-corrected chi connectivity index (χ0v) is 27.9. The molecule has 4 fully saturated rings. The molecule has 10 nitrogen and oxygen atoms in total. The maximum Gasteiger partial charge on any atom is 0.407 e. The van der Waals surface area contributed by atoms with Gasteiger partial charge in [-0.25, -0.2) is 14.8 Å². The van der Waals surface area contributed by atoms with E-state index in [0.717, 1.165) is 68.9 Å². The summed E-state index contributed by atoms with van der Waals surface area (Å²) in [6.07, 6.45) is 7.00. The van der Waals surface area contributed by atoms with Crippen LogP contribution in [0.2, 0.25) is 0 Å². The number of rotatable bonds is 8. The maximum atomic E-state index is 13.8. The average molecular weight is 656 g/mol. The molecule has 9 rings (SSSR count). The number of carbonyl (C=O) groups excluding carboxylic acids is 1. The molecule has 0 bridgehead atoms. The van der Waals surface area contributed by atoms with Crippen molar-refractivity contribution in [3.63, 3.8) is 0 Å². The molecule has 0 unspecified atom stereocenters. The highest BCUT2D eigenvalue weighted by molar-refractivity contribution is 5.91. The van der Waals surface area contributed by atoms with E-state index < -0.39 is 12.1 Å². The number of nitrogens with zero attached hydrogens (tertiary/aromatic N) is 4. The van der Waals surface area contributed by atoms with Crippen LogP contribution in [0.25, 0.3) is 44.4 Å². The van der Waals surface area contributed by atoms with Crippen molar-refractivity contribution in [2.45, 2.75) is 69.7 Å². The predicted octanol–water partition coefficient (Wildman–Crippen LogP) is 7.01. The first-order valence-corrected chi connectivity index (χ1v) is 17.5. The number of likely N-dealkylation sites (N-methyl/N-ethyl adjacent to an activating group) is 1. The van der Waals surface area contributed by atoms with Gasteiger partial charge in [-0.15, -0.1) is 0 Å². The Morgan fingerprint density at radius 2 is 1.43 bits per heavy atom. The normalized spacial score (nSPS) is 25.8. The molecule has 2 saturated carbocycles. The van der Waals surface area contributed by atoms with E-state index in [2.05, 4.69) is 75.9 Å². The third kappa shape index (κ3) is 5.29. The van der Waals surface area contributed by atoms with E-state index in [4.69, 9.17) is 9.97 Å². The number of hydrogen-bond acceptors (Lipinski definition) is 5. The molecule has 2 amide bonds. The number of aromatic nitrogens is 4. The highest BCUT2D eigenvalue weighted by Gasteiger charge is 2.56. The molecule has 0 radical (unpaired) electrons. The summed E-state index contributed by atoms with van der Waals surface area (Å²) in [6, 6.07) is 21.9. The first-order chi connectivity index (χ1) is 23.7. The van der Waals surface area contributed by atoms with E-state index in [1.165, 1.54) is 30.7 Å². The number of likely N-dealkylation sites (tertiary alicyclic amines) is 1. The minimum atomic E-state index is -1.09. The van der Waals surface area contributed by atoms with Gasteiger partial charge in [0, 0.05) is 24.7 Å².